The quantitative estimate of drug-likeness (QED) is 0.469. The zero-order chi connectivity index (χ0) is 12.3. The number of likely N-dealkylation sites (tertiary alicyclic amines) is 1. The van der Waals surface area contributed by atoms with Crippen molar-refractivity contribution in [2.24, 2.45) is 5.84 Å². The highest BCUT2D eigenvalue weighted by atomic mass is 19.1. The van der Waals surface area contributed by atoms with Gasteiger partial charge in [0.25, 0.3) is 5.91 Å². The van der Waals surface area contributed by atoms with E-state index in [1.165, 1.54) is 12.1 Å². The van der Waals surface area contributed by atoms with Gasteiger partial charge in [-0.25, -0.2) is 10.2 Å². The molecule has 1 aliphatic heterocycles. The van der Waals surface area contributed by atoms with E-state index in [1.807, 2.05) is 5.43 Å². The van der Waals surface area contributed by atoms with Crippen LogP contribution in [0, 0.1) is 5.82 Å². The van der Waals surface area contributed by atoms with Crippen LogP contribution in [0.1, 0.15) is 28.8 Å². The lowest BCUT2D eigenvalue weighted by Crippen LogP contribution is -2.30. The number of halogens is 1. The Bertz CT molecular complexity index is 416. The normalized spacial score (nSPS) is 16.1. The molecule has 17 heavy (non-hydrogen) atoms. The summed E-state index contributed by atoms with van der Waals surface area (Å²) in [5.41, 5.74) is 2.99. The zero-order valence-electron chi connectivity index (χ0n) is 9.58. The van der Waals surface area contributed by atoms with Gasteiger partial charge in [-0.1, -0.05) is 0 Å². The average molecular weight is 237 g/mol. The molecular formula is C12H16FN3O. The third-order valence-electron chi connectivity index (χ3n) is 3.03. The molecule has 1 aromatic rings. The fourth-order valence-corrected chi connectivity index (χ4v) is 2.10. The van der Waals surface area contributed by atoms with Gasteiger partial charge in [0.2, 0.25) is 0 Å². The summed E-state index contributed by atoms with van der Waals surface area (Å²) in [6, 6.07) is 4.32. The molecule has 1 heterocycles. The number of nitrogens with two attached hydrogens (primary N) is 1. The average Bonchev–Trinajstić information content (AvgIpc) is 2.84. The Balaban J connectivity index is 2.16. The molecule has 1 aliphatic rings. The summed E-state index contributed by atoms with van der Waals surface area (Å²) in [6.45, 7) is 2.54. The Kier molecular flexibility index (Phi) is 3.71. The molecule has 0 atom stereocenters. The lowest BCUT2D eigenvalue weighted by atomic mass is 10.1. The van der Waals surface area contributed by atoms with Gasteiger partial charge in [0, 0.05) is 17.7 Å². The molecule has 3 N–H and O–H groups in total. The van der Waals surface area contributed by atoms with Crippen molar-refractivity contribution >= 4 is 5.91 Å². The first-order chi connectivity index (χ1) is 8.20. The predicted molar refractivity (Wildman–Crippen MR) is 62.6 cm³/mol. The number of hydrazine groups is 1. The maximum atomic E-state index is 13.6. The third-order valence-corrected chi connectivity index (χ3v) is 3.03. The van der Waals surface area contributed by atoms with Crippen LogP contribution in [0.3, 0.4) is 0 Å². The molecule has 0 bridgehead atoms. The van der Waals surface area contributed by atoms with Crippen LogP contribution in [0.2, 0.25) is 0 Å². The number of carbonyl (C=O) groups excluding carboxylic acids is 1. The first-order valence-electron chi connectivity index (χ1n) is 5.72. The summed E-state index contributed by atoms with van der Waals surface area (Å²) < 4.78 is 13.6. The van der Waals surface area contributed by atoms with Crippen molar-refractivity contribution in [1.82, 2.24) is 10.3 Å². The number of amides is 1. The van der Waals surface area contributed by atoms with Crippen LogP contribution in [0.25, 0.3) is 0 Å². The fraction of sp³-hybridized carbons (Fsp3) is 0.417. The van der Waals surface area contributed by atoms with E-state index in [2.05, 4.69) is 4.90 Å². The molecule has 92 valence electrons. The van der Waals surface area contributed by atoms with Gasteiger partial charge in [-0.3, -0.25) is 15.1 Å². The monoisotopic (exact) mass is 237 g/mol. The van der Waals surface area contributed by atoms with Gasteiger partial charge in [0.05, 0.1) is 0 Å². The minimum absolute atomic E-state index is 0.273. The number of nitrogens with zero attached hydrogens (tertiary/aromatic N) is 1. The van der Waals surface area contributed by atoms with E-state index in [-0.39, 0.29) is 5.82 Å². The molecule has 1 saturated heterocycles. The van der Waals surface area contributed by atoms with Crippen molar-refractivity contribution in [2.45, 2.75) is 19.4 Å². The van der Waals surface area contributed by atoms with E-state index >= 15 is 0 Å². The summed E-state index contributed by atoms with van der Waals surface area (Å²) >= 11 is 0. The number of hydrogen-bond donors (Lipinski definition) is 2. The van der Waals surface area contributed by atoms with E-state index in [1.54, 1.807) is 6.07 Å². The summed E-state index contributed by atoms with van der Waals surface area (Å²) in [7, 11) is 0. The van der Waals surface area contributed by atoms with Crippen LogP contribution in [0.15, 0.2) is 18.2 Å². The maximum Gasteiger partial charge on any atom is 0.265 e. The molecule has 0 radical (unpaired) electrons. The van der Waals surface area contributed by atoms with Crippen LogP contribution in [0.4, 0.5) is 4.39 Å². The van der Waals surface area contributed by atoms with E-state index in [0.717, 1.165) is 25.9 Å². The Morgan fingerprint density at radius 1 is 1.41 bits per heavy atom. The van der Waals surface area contributed by atoms with Crippen LogP contribution >= 0.6 is 0 Å². The van der Waals surface area contributed by atoms with Crippen molar-refractivity contribution in [3.05, 3.63) is 35.1 Å². The molecule has 2 rings (SSSR count). The van der Waals surface area contributed by atoms with Gasteiger partial charge in [0.15, 0.2) is 0 Å². The highest BCUT2D eigenvalue weighted by Gasteiger charge is 2.15. The van der Waals surface area contributed by atoms with Crippen LogP contribution in [0.5, 0.6) is 0 Å². The second-order valence-electron chi connectivity index (χ2n) is 4.26. The maximum absolute atomic E-state index is 13.6. The summed E-state index contributed by atoms with van der Waals surface area (Å²) in [6.07, 6.45) is 2.31. The van der Waals surface area contributed by atoms with Gasteiger partial charge in [-0.15, -0.1) is 0 Å². The third kappa shape index (κ3) is 2.81. The van der Waals surface area contributed by atoms with Crippen molar-refractivity contribution < 1.29 is 9.18 Å². The van der Waals surface area contributed by atoms with E-state index in [9.17, 15) is 9.18 Å². The molecule has 0 aliphatic carbocycles. The summed E-state index contributed by atoms with van der Waals surface area (Å²) in [5.74, 6) is 4.38. The van der Waals surface area contributed by atoms with Crippen LogP contribution < -0.4 is 11.3 Å². The summed E-state index contributed by atoms with van der Waals surface area (Å²) in [5, 5.41) is 0. The van der Waals surface area contributed by atoms with Crippen molar-refractivity contribution in [3.63, 3.8) is 0 Å². The highest BCUT2D eigenvalue weighted by molar-refractivity contribution is 5.93. The van der Waals surface area contributed by atoms with Gasteiger partial charge >= 0.3 is 0 Å². The number of carbonyl (C=O) groups is 1. The number of nitrogen functional groups attached to an aromatic ring is 1. The van der Waals surface area contributed by atoms with E-state index < -0.39 is 5.91 Å². The lowest BCUT2D eigenvalue weighted by molar-refractivity contribution is 0.0953. The largest absolute Gasteiger partial charge is 0.299 e. The Morgan fingerprint density at radius 3 is 2.76 bits per heavy atom. The minimum atomic E-state index is -0.396. The molecule has 0 aromatic heterocycles. The highest BCUT2D eigenvalue weighted by Crippen LogP contribution is 2.16. The zero-order valence-corrected chi connectivity index (χ0v) is 9.58. The minimum Gasteiger partial charge on any atom is -0.299 e. The second-order valence-corrected chi connectivity index (χ2v) is 4.26. The first-order valence-corrected chi connectivity index (χ1v) is 5.72. The van der Waals surface area contributed by atoms with Gasteiger partial charge in [-0.05, 0) is 44.1 Å². The Morgan fingerprint density at radius 2 is 2.12 bits per heavy atom. The molecule has 0 saturated carbocycles. The molecular weight excluding hydrogens is 221 g/mol. The standard InChI is InChI=1S/C12H16FN3O/c13-11-4-3-9(12(17)15-14)7-10(11)8-16-5-1-2-6-16/h3-4,7H,1-2,5-6,8,14H2,(H,15,17). The smallest absolute Gasteiger partial charge is 0.265 e. The van der Waals surface area contributed by atoms with Crippen molar-refractivity contribution in [1.29, 1.82) is 0 Å². The molecule has 1 aromatic carbocycles. The molecule has 0 spiro atoms. The van der Waals surface area contributed by atoms with Gasteiger partial charge < -0.3 is 0 Å². The fourth-order valence-electron chi connectivity index (χ4n) is 2.10. The van der Waals surface area contributed by atoms with Crippen LogP contribution in [-0.4, -0.2) is 23.9 Å². The lowest BCUT2D eigenvalue weighted by Gasteiger charge is -2.15. The predicted octanol–water partition coefficient (Wildman–Crippen LogP) is 1.02. The second kappa shape index (κ2) is 5.25. The number of hydrogen-bond acceptors (Lipinski definition) is 3. The Hall–Kier alpha value is -1.46. The topological polar surface area (TPSA) is 58.4 Å². The number of benzene rings is 1. The number of rotatable bonds is 3. The molecule has 1 fully saturated rings. The SMILES string of the molecule is NNC(=O)c1ccc(F)c(CN2CCCC2)c1. The molecule has 0 unspecified atom stereocenters. The van der Waals surface area contributed by atoms with Crippen molar-refractivity contribution in [2.75, 3.05) is 13.1 Å². The van der Waals surface area contributed by atoms with Crippen LogP contribution in [-0.2, 0) is 6.54 Å². The molecule has 4 nitrogen and oxygen atoms in total. The molecule has 1 amide bonds. The summed E-state index contributed by atoms with van der Waals surface area (Å²) in [4.78, 5) is 13.5. The molecule has 5 heteroatoms. The van der Waals surface area contributed by atoms with E-state index in [0.29, 0.717) is 17.7 Å². The Labute approximate surface area is 99.6 Å². The van der Waals surface area contributed by atoms with E-state index in [4.69, 9.17) is 5.84 Å². The first kappa shape index (κ1) is 12.0. The van der Waals surface area contributed by atoms with Crippen molar-refractivity contribution in [3.8, 4) is 0 Å². The van der Waals surface area contributed by atoms with Gasteiger partial charge in [-0.2, -0.15) is 0 Å². The van der Waals surface area contributed by atoms with Gasteiger partial charge in [0.1, 0.15) is 5.82 Å². The number of nitrogens with one attached hydrogen (secondary N) is 1.